The van der Waals surface area contributed by atoms with Gasteiger partial charge in [-0.25, -0.2) is 4.68 Å². The van der Waals surface area contributed by atoms with Crippen molar-refractivity contribution in [3.63, 3.8) is 0 Å². The molecule has 0 radical (unpaired) electrons. The number of hydrogen-bond donors (Lipinski definition) is 1. The highest BCUT2D eigenvalue weighted by molar-refractivity contribution is 7.84. The smallest absolute Gasteiger partial charge is 0.232 e. The molecule has 184 valence electrons. The lowest BCUT2D eigenvalue weighted by Crippen LogP contribution is -2.56. The van der Waals surface area contributed by atoms with Crippen LogP contribution in [0.2, 0.25) is 0 Å². The quantitative estimate of drug-likeness (QED) is 0.500. The molecule has 2 unspecified atom stereocenters. The summed E-state index contributed by atoms with van der Waals surface area (Å²) >= 11 is 0. The van der Waals surface area contributed by atoms with Crippen molar-refractivity contribution in [1.82, 2.24) is 19.7 Å². The Bertz CT molecular complexity index is 1180. The molecule has 2 aromatic heterocycles. The molecule has 6 nitrogen and oxygen atoms in total. The van der Waals surface area contributed by atoms with E-state index < -0.39 is 10.8 Å². The van der Waals surface area contributed by atoms with E-state index in [9.17, 15) is 9.00 Å². The molecule has 4 aliphatic rings. The number of amides is 1. The number of nitrogens with zero attached hydrogens (tertiary/aromatic N) is 3. The highest BCUT2D eigenvalue weighted by atomic mass is 32.2. The van der Waals surface area contributed by atoms with Crippen molar-refractivity contribution >= 4 is 16.7 Å². The van der Waals surface area contributed by atoms with E-state index in [0.29, 0.717) is 5.75 Å². The van der Waals surface area contributed by atoms with Crippen molar-refractivity contribution in [2.75, 3.05) is 5.75 Å². The SMILES string of the molecule is CC(NC(=O)CS(=O)Cc1cnn(-c2ccccc2)c1-n1cccc1)C12CC3CC(CC(C3)C1)C2. The van der Waals surface area contributed by atoms with Crippen LogP contribution in [-0.4, -0.2) is 36.3 Å². The Morgan fingerprint density at radius 2 is 1.69 bits per heavy atom. The average Bonchev–Trinajstić information content (AvgIpc) is 3.48. The van der Waals surface area contributed by atoms with Crippen molar-refractivity contribution < 1.29 is 9.00 Å². The molecule has 0 aliphatic heterocycles. The van der Waals surface area contributed by atoms with Gasteiger partial charge in [-0.2, -0.15) is 5.10 Å². The molecule has 35 heavy (non-hydrogen) atoms. The fourth-order valence-electron chi connectivity index (χ4n) is 7.50. The predicted octanol–water partition coefficient (Wildman–Crippen LogP) is 4.63. The Morgan fingerprint density at radius 1 is 1.06 bits per heavy atom. The molecule has 1 N–H and O–H groups in total. The molecule has 7 rings (SSSR count). The van der Waals surface area contributed by atoms with Gasteiger partial charge in [0.15, 0.2) is 0 Å². The first kappa shape index (κ1) is 22.8. The Morgan fingerprint density at radius 3 is 2.31 bits per heavy atom. The lowest BCUT2D eigenvalue weighted by Gasteiger charge is -2.59. The van der Waals surface area contributed by atoms with Crippen LogP contribution in [0.25, 0.3) is 11.5 Å². The summed E-state index contributed by atoms with van der Waals surface area (Å²) in [6.45, 7) is 2.18. The third kappa shape index (κ3) is 4.39. The fraction of sp³-hybridized carbons (Fsp3) is 0.500. The number of carbonyl (C=O) groups is 1. The predicted molar refractivity (Wildman–Crippen MR) is 138 cm³/mol. The van der Waals surface area contributed by atoms with E-state index in [1.54, 1.807) is 6.20 Å². The average molecular weight is 491 g/mol. The van der Waals surface area contributed by atoms with Gasteiger partial charge in [-0.05, 0) is 92.9 Å². The van der Waals surface area contributed by atoms with Gasteiger partial charge in [0, 0.05) is 34.8 Å². The first-order chi connectivity index (χ1) is 17.0. The Kier molecular flexibility index (Phi) is 5.91. The molecule has 1 aromatic carbocycles. The summed E-state index contributed by atoms with van der Waals surface area (Å²) in [5.41, 5.74) is 2.06. The lowest BCUT2D eigenvalue weighted by molar-refractivity contribution is -0.123. The summed E-state index contributed by atoms with van der Waals surface area (Å²) in [7, 11) is -1.32. The molecule has 4 fully saturated rings. The Hall–Kier alpha value is -2.67. The summed E-state index contributed by atoms with van der Waals surface area (Å²) < 4.78 is 17.0. The minimum atomic E-state index is -1.32. The van der Waals surface area contributed by atoms with Crippen LogP contribution in [0.15, 0.2) is 61.1 Å². The van der Waals surface area contributed by atoms with Gasteiger partial charge in [0.1, 0.15) is 11.6 Å². The monoisotopic (exact) mass is 490 g/mol. The van der Waals surface area contributed by atoms with E-state index in [1.807, 2.05) is 64.1 Å². The number of nitrogens with one attached hydrogen (secondary N) is 1. The van der Waals surface area contributed by atoms with Crippen LogP contribution >= 0.6 is 0 Å². The van der Waals surface area contributed by atoms with Gasteiger partial charge in [-0.1, -0.05) is 18.2 Å². The summed E-state index contributed by atoms with van der Waals surface area (Å²) in [5, 5.41) is 7.86. The zero-order valence-corrected chi connectivity index (χ0v) is 21.1. The van der Waals surface area contributed by atoms with Crippen LogP contribution in [0.4, 0.5) is 0 Å². The molecule has 4 saturated carbocycles. The Balaban J connectivity index is 1.14. The highest BCUT2D eigenvalue weighted by Crippen LogP contribution is 2.61. The molecule has 3 aromatic rings. The largest absolute Gasteiger partial charge is 0.352 e. The zero-order chi connectivity index (χ0) is 24.0. The van der Waals surface area contributed by atoms with Crippen LogP contribution in [0.3, 0.4) is 0 Å². The highest BCUT2D eigenvalue weighted by Gasteiger charge is 2.53. The van der Waals surface area contributed by atoms with E-state index >= 15 is 0 Å². The summed E-state index contributed by atoms with van der Waals surface area (Å²) in [5.74, 6) is 3.63. The van der Waals surface area contributed by atoms with Gasteiger partial charge in [-0.15, -0.1) is 0 Å². The van der Waals surface area contributed by atoms with Crippen LogP contribution in [-0.2, 0) is 21.3 Å². The number of benzene rings is 1. The summed E-state index contributed by atoms with van der Waals surface area (Å²) in [4.78, 5) is 13.0. The number of aromatic nitrogens is 3. The normalized spacial score (nSPS) is 28.7. The first-order valence-electron chi connectivity index (χ1n) is 12.9. The van der Waals surface area contributed by atoms with Gasteiger partial charge >= 0.3 is 0 Å². The van der Waals surface area contributed by atoms with Gasteiger partial charge in [-0.3, -0.25) is 9.00 Å². The second kappa shape index (κ2) is 9.08. The molecule has 1 amide bonds. The van der Waals surface area contributed by atoms with E-state index in [2.05, 4.69) is 17.3 Å². The van der Waals surface area contributed by atoms with E-state index in [1.165, 1.54) is 38.5 Å². The second-order valence-electron chi connectivity index (χ2n) is 11.1. The number of hydrogen-bond acceptors (Lipinski definition) is 3. The topological polar surface area (TPSA) is 68.9 Å². The van der Waals surface area contributed by atoms with Gasteiger partial charge in [0.25, 0.3) is 0 Å². The van der Waals surface area contributed by atoms with Crippen LogP contribution in [0.1, 0.15) is 51.0 Å². The molecule has 2 heterocycles. The first-order valence-corrected chi connectivity index (χ1v) is 14.4. The lowest BCUT2D eigenvalue weighted by atomic mass is 9.48. The third-order valence-corrected chi connectivity index (χ3v) is 9.87. The van der Waals surface area contributed by atoms with Gasteiger partial charge in [0.05, 0.1) is 17.6 Å². The van der Waals surface area contributed by atoms with E-state index in [4.69, 9.17) is 0 Å². The van der Waals surface area contributed by atoms with Crippen molar-refractivity contribution in [3.05, 3.63) is 66.6 Å². The number of rotatable bonds is 8. The van der Waals surface area contributed by atoms with Crippen LogP contribution in [0.5, 0.6) is 0 Å². The third-order valence-electron chi connectivity index (χ3n) is 8.66. The van der Waals surface area contributed by atoms with Crippen molar-refractivity contribution in [3.8, 4) is 11.5 Å². The minimum Gasteiger partial charge on any atom is -0.352 e. The maximum atomic E-state index is 13.1. The summed E-state index contributed by atoms with van der Waals surface area (Å²) in [6, 6.07) is 14.0. The van der Waals surface area contributed by atoms with Crippen molar-refractivity contribution in [2.45, 2.75) is 57.2 Å². The van der Waals surface area contributed by atoms with Crippen molar-refractivity contribution in [2.24, 2.45) is 23.2 Å². The molecule has 0 saturated heterocycles. The van der Waals surface area contributed by atoms with Crippen molar-refractivity contribution in [1.29, 1.82) is 0 Å². The van der Waals surface area contributed by atoms with E-state index in [0.717, 1.165) is 34.8 Å². The molecule has 4 bridgehead atoms. The molecular formula is C28H34N4O2S. The van der Waals surface area contributed by atoms with Gasteiger partial charge < -0.3 is 9.88 Å². The maximum Gasteiger partial charge on any atom is 0.232 e. The maximum absolute atomic E-state index is 13.1. The molecular weight excluding hydrogens is 456 g/mol. The number of carbonyl (C=O) groups excluding carboxylic acids is 1. The fourth-order valence-corrected chi connectivity index (χ4v) is 8.53. The summed E-state index contributed by atoms with van der Waals surface area (Å²) in [6.07, 6.45) is 13.6. The van der Waals surface area contributed by atoms with Crippen LogP contribution in [0, 0.1) is 23.2 Å². The molecule has 2 atom stereocenters. The zero-order valence-electron chi connectivity index (χ0n) is 20.3. The standard InChI is InChI=1S/C28H34N4O2S/c1-20(28-14-21-11-22(15-28)13-23(12-21)16-28)30-26(33)19-35(34)18-24-17-29-32(25-7-3-2-4-8-25)27(24)31-9-5-6-10-31/h2-10,17,20-23H,11-16,18-19H2,1H3,(H,30,33). The number of para-hydroxylation sites is 1. The molecule has 7 heteroatoms. The van der Waals surface area contributed by atoms with E-state index in [-0.39, 0.29) is 23.1 Å². The Labute approximate surface area is 209 Å². The second-order valence-corrected chi connectivity index (χ2v) is 12.6. The molecule has 0 spiro atoms. The van der Waals surface area contributed by atoms with Gasteiger partial charge in [0.2, 0.25) is 5.91 Å². The molecule has 4 aliphatic carbocycles. The van der Waals surface area contributed by atoms with Crippen LogP contribution < -0.4 is 5.32 Å². The minimum absolute atomic E-state index is 0.0261.